The van der Waals surface area contributed by atoms with Crippen LogP contribution in [0.3, 0.4) is 0 Å². The number of nitrogens with zero attached hydrogens (tertiary/aromatic N) is 2. The first kappa shape index (κ1) is 17.9. The number of thioether (sulfide) groups is 1. The fourth-order valence-corrected chi connectivity index (χ4v) is 5.98. The number of benzene rings is 1. The molecule has 4 rings (SSSR count). The van der Waals surface area contributed by atoms with Crippen LogP contribution >= 0.6 is 11.8 Å². The number of hydrogen-bond donors (Lipinski definition) is 0. The Bertz CT molecular complexity index is 702. The summed E-state index contributed by atoms with van der Waals surface area (Å²) >= 11 is 1.80. The number of hydrogen-bond acceptors (Lipinski definition) is 5. The third-order valence-electron chi connectivity index (χ3n) is 6.06. The summed E-state index contributed by atoms with van der Waals surface area (Å²) in [4.78, 5) is 29.3. The Balaban J connectivity index is 1.46. The Morgan fingerprint density at radius 1 is 1.31 bits per heavy atom. The summed E-state index contributed by atoms with van der Waals surface area (Å²) in [5, 5.41) is 0. The van der Waals surface area contributed by atoms with Gasteiger partial charge in [-0.25, -0.2) is 0 Å². The van der Waals surface area contributed by atoms with Gasteiger partial charge in [0.2, 0.25) is 11.8 Å². The average Bonchev–Trinajstić information content (AvgIpc) is 3.34. The van der Waals surface area contributed by atoms with E-state index >= 15 is 0 Å². The number of carbonyl (C=O) groups excluding carboxylic acids is 2. The summed E-state index contributed by atoms with van der Waals surface area (Å²) < 4.78 is 5.48. The number of amides is 2. The summed E-state index contributed by atoms with van der Waals surface area (Å²) in [6.07, 6.45) is 4.35. The summed E-state index contributed by atoms with van der Waals surface area (Å²) in [6.45, 7) is 1.39. The van der Waals surface area contributed by atoms with Gasteiger partial charge < -0.3 is 4.74 Å². The van der Waals surface area contributed by atoms with Crippen molar-refractivity contribution in [3.63, 3.8) is 0 Å². The van der Waals surface area contributed by atoms with Gasteiger partial charge in [0.15, 0.2) is 0 Å². The van der Waals surface area contributed by atoms with Gasteiger partial charge in [-0.3, -0.25) is 19.4 Å². The first-order valence-corrected chi connectivity index (χ1v) is 10.6. The van der Waals surface area contributed by atoms with Crippen molar-refractivity contribution in [2.45, 2.75) is 38.1 Å². The fourth-order valence-electron chi connectivity index (χ4n) is 4.54. The number of carbonyl (C=O) groups is 2. The Hall–Kier alpha value is -1.53. The number of ether oxygens (including phenoxy) is 1. The van der Waals surface area contributed by atoms with Crippen LogP contribution in [0.15, 0.2) is 24.3 Å². The van der Waals surface area contributed by atoms with Gasteiger partial charge >= 0.3 is 0 Å². The molecule has 1 spiro atoms. The van der Waals surface area contributed by atoms with E-state index in [1.165, 1.54) is 10.5 Å². The zero-order valence-corrected chi connectivity index (χ0v) is 16.1. The molecule has 3 saturated heterocycles. The lowest BCUT2D eigenvalue weighted by molar-refractivity contribution is -0.143. The normalized spacial score (nSPS) is 29.3. The van der Waals surface area contributed by atoms with Crippen molar-refractivity contribution in [1.29, 1.82) is 0 Å². The summed E-state index contributed by atoms with van der Waals surface area (Å²) in [5.41, 5.74) is 0.786. The van der Waals surface area contributed by atoms with Crippen LogP contribution in [0.5, 0.6) is 5.75 Å². The second kappa shape index (κ2) is 7.24. The van der Waals surface area contributed by atoms with E-state index in [9.17, 15) is 9.59 Å². The van der Waals surface area contributed by atoms with Gasteiger partial charge in [0.05, 0.1) is 19.2 Å². The molecule has 0 N–H and O–H groups in total. The molecule has 0 bridgehead atoms. The largest absolute Gasteiger partial charge is 0.496 e. The Labute approximate surface area is 159 Å². The van der Waals surface area contributed by atoms with E-state index in [4.69, 9.17) is 4.74 Å². The molecule has 6 heteroatoms. The molecule has 3 heterocycles. The Morgan fingerprint density at radius 3 is 2.92 bits per heavy atom. The second-order valence-corrected chi connectivity index (χ2v) is 8.76. The number of methoxy groups -OCH3 is 1. The van der Waals surface area contributed by atoms with E-state index in [-0.39, 0.29) is 11.8 Å². The van der Waals surface area contributed by atoms with Crippen LogP contribution < -0.4 is 4.74 Å². The van der Waals surface area contributed by atoms with Gasteiger partial charge in [0.25, 0.3) is 0 Å². The number of para-hydroxylation sites is 1. The molecule has 0 radical (unpaired) electrons. The lowest BCUT2D eigenvalue weighted by Gasteiger charge is -2.29. The third kappa shape index (κ3) is 3.14. The van der Waals surface area contributed by atoms with Crippen LogP contribution in [0.1, 0.15) is 31.2 Å². The minimum absolute atomic E-state index is 0.0143. The molecule has 0 aliphatic carbocycles. The highest BCUT2D eigenvalue weighted by Gasteiger charge is 2.53. The third-order valence-corrected chi connectivity index (χ3v) is 7.31. The maximum Gasteiger partial charge on any atom is 0.237 e. The molecule has 0 saturated carbocycles. The van der Waals surface area contributed by atoms with E-state index in [1.807, 2.05) is 18.2 Å². The Kier molecular flexibility index (Phi) is 4.97. The van der Waals surface area contributed by atoms with Crippen molar-refractivity contribution in [3.8, 4) is 5.75 Å². The van der Waals surface area contributed by atoms with Crippen molar-refractivity contribution in [1.82, 2.24) is 9.80 Å². The van der Waals surface area contributed by atoms with E-state index < -0.39 is 5.41 Å². The standard InChI is InChI=1S/C20H26N2O3S/c1-25-17-7-3-2-5-15(17)11-16-6-4-9-21(16)14-22-18(23)12-20(19(22)24)8-10-26-13-20/h2-3,5,7,16H,4,6,8-14H2,1H3. The van der Waals surface area contributed by atoms with Gasteiger partial charge in [0, 0.05) is 24.8 Å². The minimum atomic E-state index is -0.403. The van der Waals surface area contributed by atoms with Crippen molar-refractivity contribution >= 4 is 23.6 Å². The molecule has 2 atom stereocenters. The zero-order valence-electron chi connectivity index (χ0n) is 15.3. The summed E-state index contributed by atoms with van der Waals surface area (Å²) in [6, 6.07) is 8.46. The maximum atomic E-state index is 12.9. The van der Waals surface area contributed by atoms with Gasteiger partial charge in [-0.1, -0.05) is 18.2 Å². The number of imide groups is 1. The second-order valence-electron chi connectivity index (χ2n) is 7.65. The molecule has 1 aromatic rings. The molecule has 1 aromatic carbocycles. The van der Waals surface area contributed by atoms with E-state index in [0.29, 0.717) is 19.1 Å². The highest BCUT2D eigenvalue weighted by molar-refractivity contribution is 7.99. The lowest BCUT2D eigenvalue weighted by Crippen LogP contribution is -2.45. The minimum Gasteiger partial charge on any atom is -0.496 e. The molecule has 2 unspecified atom stereocenters. The van der Waals surface area contributed by atoms with Crippen molar-refractivity contribution in [2.24, 2.45) is 5.41 Å². The Morgan fingerprint density at radius 2 is 2.15 bits per heavy atom. The molecule has 3 aliphatic heterocycles. The number of likely N-dealkylation sites (tertiary alicyclic amines) is 2. The van der Waals surface area contributed by atoms with E-state index in [0.717, 1.165) is 49.5 Å². The molecule has 3 aliphatic rings. The highest BCUT2D eigenvalue weighted by Crippen LogP contribution is 2.45. The monoisotopic (exact) mass is 374 g/mol. The first-order valence-electron chi connectivity index (χ1n) is 9.41. The molecule has 2 amide bonds. The summed E-state index contributed by atoms with van der Waals surface area (Å²) in [7, 11) is 1.70. The van der Waals surface area contributed by atoms with Gasteiger partial charge in [-0.2, -0.15) is 11.8 Å². The van der Waals surface area contributed by atoms with Crippen molar-refractivity contribution < 1.29 is 14.3 Å². The number of rotatable bonds is 5. The van der Waals surface area contributed by atoms with Crippen LogP contribution in [0.25, 0.3) is 0 Å². The molecular formula is C20H26N2O3S. The van der Waals surface area contributed by atoms with Crippen LogP contribution in [-0.2, 0) is 16.0 Å². The summed E-state index contributed by atoms with van der Waals surface area (Å²) in [5.74, 6) is 2.79. The molecule has 0 aromatic heterocycles. The van der Waals surface area contributed by atoms with Gasteiger partial charge in [-0.15, -0.1) is 0 Å². The van der Waals surface area contributed by atoms with Crippen molar-refractivity contribution in [2.75, 3.05) is 31.8 Å². The highest BCUT2D eigenvalue weighted by atomic mass is 32.2. The predicted molar refractivity (Wildman–Crippen MR) is 102 cm³/mol. The van der Waals surface area contributed by atoms with E-state index in [2.05, 4.69) is 11.0 Å². The first-order chi connectivity index (χ1) is 12.6. The smallest absolute Gasteiger partial charge is 0.237 e. The molecular weight excluding hydrogens is 348 g/mol. The maximum absolute atomic E-state index is 12.9. The average molecular weight is 375 g/mol. The van der Waals surface area contributed by atoms with Crippen LogP contribution in [0.4, 0.5) is 0 Å². The zero-order chi connectivity index (χ0) is 18.1. The van der Waals surface area contributed by atoms with E-state index in [1.54, 1.807) is 18.9 Å². The molecule has 26 heavy (non-hydrogen) atoms. The van der Waals surface area contributed by atoms with Crippen LogP contribution in [-0.4, -0.2) is 59.5 Å². The van der Waals surface area contributed by atoms with Crippen LogP contribution in [0.2, 0.25) is 0 Å². The predicted octanol–water partition coefficient (Wildman–Crippen LogP) is 2.54. The molecule has 140 valence electrons. The lowest BCUT2D eigenvalue weighted by atomic mass is 9.86. The SMILES string of the molecule is COc1ccccc1CC1CCCN1CN1C(=O)CC2(CCSC2)C1=O. The van der Waals surface area contributed by atoms with Gasteiger partial charge in [0.1, 0.15) is 5.75 Å². The van der Waals surface area contributed by atoms with Crippen molar-refractivity contribution in [3.05, 3.63) is 29.8 Å². The fraction of sp³-hybridized carbons (Fsp3) is 0.600. The van der Waals surface area contributed by atoms with Gasteiger partial charge in [-0.05, 0) is 43.1 Å². The quantitative estimate of drug-likeness (QED) is 0.742. The van der Waals surface area contributed by atoms with Crippen LogP contribution in [0, 0.1) is 5.41 Å². The topological polar surface area (TPSA) is 49.9 Å². The molecule has 5 nitrogen and oxygen atoms in total. The molecule has 3 fully saturated rings.